The van der Waals surface area contributed by atoms with Crippen molar-refractivity contribution in [1.82, 2.24) is 10.0 Å². The smallest absolute Gasteiger partial charge is 0.211 e. The quantitative estimate of drug-likeness (QED) is 0.681. The van der Waals surface area contributed by atoms with Crippen LogP contribution in [-0.2, 0) is 16.4 Å². The molecule has 1 aliphatic carbocycles. The number of benzene rings is 1. The van der Waals surface area contributed by atoms with Crippen molar-refractivity contribution in [2.75, 3.05) is 25.4 Å². The standard InChI is InChI=1S/C15H24N2O2S/c1-2-8-16-9-5-10-20(18,19)17-12-14-11-13-6-3-4-7-15(13)14/h3-4,6-7,14,16-17H,2,5,8-12H2,1H3. The van der Waals surface area contributed by atoms with E-state index < -0.39 is 10.0 Å². The zero-order valence-electron chi connectivity index (χ0n) is 12.1. The van der Waals surface area contributed by atoms with Gasteiger partial charge in [0, 0.05) is 12.5 Å². The van der Waals surface area contributed by atoms with Crippen molar-refractivity contribution in [3.63, 3.8) is 0 Å². The van der Waals surface area contributed by atoms with Crippen molar-refractivity contribution in [1.29, 1.82) is 0 Å². The summed E-state index contributed by atoms with van der Waals surface area (Å²) in [6.07, 6.45) is 2.72. The maximum absolute atomic E-state index is 11.9. The van der Waals surface area contributed by atoms with E-state index in [2.05, 4.69) is 29.1 Å². The molecule has 0 aromatic heterocycles. The second-order valence-corrected chi connectivity index (χ2v) is 7.30. The Labute approximate surface area is 122 Å². The van der Waals surface area contributed by atoms with Gasteiger partial charge in [-0.1, -0.05) is 31.2 Å². The van der Waals surface area contributed by atoms with Gasteiger partial charge < -0.3 is 5.32 Å². The van der Waals surface area contributed by atoms with Crippen LogP contribution in [0.5, 0.6) is 0 Å². The molecule has 0 radical (unpaired) electrons. The van der Waals surface area contributed by atoms with Crippen LogP contribution in [0.3, 0.4) is 0 Å². The summed E-state index contributed by atoms with van der Waals surface area (Å²) in [4.78, 5) is 0. The highest BCUT2D eigenvalue weighted by atomic mass is 32.2. The predicted molar refractivity (Wildman–Crippen MR) is 82.5 cm³/mol. The van der Waals surface area contributed by atoms with Crippen molar-refractivity contribution in [3.05, 3.63) is 35.4 Å². The third-order valence-electron chi connectivity index (χ3n) is 3.70. The van der Waals surface area contributed by atoms with Gasteiger partial charge in [0.2, 0.25) is 10.0 Å². The molecule has 1 aromatic carbocycles. The highest BCUT2D eigenvalue weighted by Crippen LogP contribution is 2.34. The predicted octanol–water partition coefficient (Wildman–Crippen LogP) is 1.64. The highest BCUT2D eigenvalue weighted by molar-refractivity contribution is 7.89. The molecule has 1 unspecified atom stereocenters. The van der Waals surface area contributed by atoms with Crippen LogP contribution < -0.4 is 10.0 Å². The Morgan fingerprint density at radius 2 is 2.05 bits per heavy atom. The number of sulfonamides is 1. The van der Waals surface area contributed by atoms with Crippen molar-refractivity contribution in [2.45, 2.75) is 32.1 Å². The van der Waals surface area contributed by atoms with Gasteiger partial charge in [0.1, 0.15) is 0 Å². The second kappa shape index (κ2) is 7.20. The van der Waals surface area contributed by atoms with Crippen LogP contribution in [0.2, 0.25) is 0 Å². The van der Waals surface area contributed by atoms with Gasteiger partial charge in [-0.05, 0) is 43.5 Å². The van der Waals surface area contributed by atoms with E-state index in [4.69, 9.17) is 0 Å². The highest BCUT2D eigenvalue weighted by Gasteiger charge is 2.26. The van der Waals surface area contributed by atoms with Crippen LogP contribution in [0.15, 0.2) is 24.3 Å². The van der Waals surface area contributed by atoms with Crippen molar-refractivity contribution >= 4 is 10.0 Å². The lowest BCUT2D eigenvalue weighted by Gasteiger charge is -2.30. The number of nitrogens with one attached hydrogen (secondary N) is 2. The molecule has 0 fully saturated rings. The molecule has 1 atom stereocenters. The summed E-state index contributed by atoms with van der Waals surface area (Å²) in [5, 5.41) is 3.22. The van der Waals surface area contributed by atoms with Crippen LogP contribution in [0.1, 0.15) is 36.8 Å². The molecule has 0 spiro atoms. The first-order chi connectivity index (χ1) is 9.62. The van der Waals surface area contributed by atoms with E-state index in [1.54, 1.807) is 0 Å². The molecule has 1 aromatic rings. The van der Waals surface area contributed by atoms with Gasteiger partial charge in [-0.3, -0.25) is 0 Å². The molecule has 0 aliphatic heterocycles. The maximum Gasteiger partial charge on any atom is 0.211 e. The molecule has 1 aliphatic rings. The lowest BCUT2D eigenvalue weighted by Crippen LogP contribution is -2.35. The fourth-order valence-corrected chi connectivity index (χ4v) is 3.66. The summed E-state index contributed by atoms with van der Waals surface area (Å²) in [5.74, 6) is 0.553. The second-order valence-electron chi connectivity index (χ2n) is 5.37. The minimum atomic E-state index is -3.13. The van der Waals surface area contributed by atoms with Gasteiger partial charge in [-0.2, -0.15) is 0 Å². The van der Waals surface area contributed by atoms with E-state index >= 15 is 0 Å². The zero-order chi connectivity index (χ0) is 14.4. The van der Waals surface area contributed by atoms with E-state index in [1.165, 1.54) is 11.1 Å². The molecule has 0 saturated heterocycles. The third kappa shape index (κ3) is 4.30. The zero-order valence-corrected chi connectivity index (χ0v) is 12.9. The molecule has 0 amide bonds. The Kier molecular flexibility index (Phi) is 5.57. The molecule has 112 valence electrons. The summed E-state index contributed by atoms with van der Waals surface area (Å²) in [6, 6.07) is 8.24. The molecule has 5 heteroatoms. The molecule has 20 heavy (non-hydrogen) atoms. The van der Waals surface area contributed by atoms with Crippen LogP contribution in [0.4, 0.5) is 0 Å². The van der Waals surface area contributed by atoms with Crippen LogP contribution in [0.25, 0.3) is 0 Å². The lowest BCUT2D eigenvalue weighted by atomic mass is 9.78. The third-order valence-corrected chi connectivity index (χ3v) is 5.14. The first-order valence-corrected chi connectivity index (χ1v) is 9.03. The molecule has 2 rings (SSSR count). The summed E-state index contributed by atoms with van der Waals surface area (Å²) in [7, 11) is -3.13. The van der Waals surface area contributed by atoms with Crippen LogP contribution in [-0.4, -0.2) is 33.8 Å². The lowest BCUT2D eigenvalue weighted by molar-refractivity contribution is 0.548. The van der Waals surface area contributed by atoms with E-state index in [0.29, 0.717) is 18.9 Å². The fourth-order valence-electron chi connectivity index (χ4n) is 2.53. The maximum atomic E-state index is 11.9. The Bertz CT molecular complexity index is 528. The molecular formula is C15H24N2O2S. The average Bonchev–Trinajstić information content (AvgIpc) is 2.39. The van der Waals surface area contributed by atoms with Gasteiger partial charge in [0.25, 0.3) is 0 Å². The summed E-state index contributed by atoms with van der Waals surface area (Å²) in [5.41, 5.74) is 2.64. The molecule has 0 heterocycles. The van der Waals surface area contributed by atoms with Gasteiger partial charge in [0.15, 0.2) is 0 Å². The molecular weight excluding hydrogens is 272 g/mol. The number of fused-ring (bicyclic) bond motifs is 1. The Balaban J connectivity index is 1.69. The SMILES string of the molecule is CCCNCCCS(=O)(=O)NCC1Cc2ccccc21. The Hall–Kier alpha value is -0.910. The first-order valence-electron chi connectivity index (χ1n) is 7.38. The summed E-state index contributed by atoms with van der Waals surface area (Å²) >= 11 is 0. The van der Waals surface area contributed by atoms with Gasteiger partial charge in [-0.15, -0.1) is 0 Å². The minimum Gasteiger partial charge on any atom is -0.317 e. The van der Waals surface area contributed by atoms with Gasteiger partial charge in [0.05, 0.1) is 5.75 Å². The molecule has 4 nitrogen and oxygen atoms in total. The minimum absolute atomic E-state index is 0.206. The molecule has 0 saturated carbocycles. The Morgan fingerprint density at radius 3 is 2.80 bits per heavy atom. The monoisotopic (exact) mass is 296 g/mol. The van der Waals surface area contributed by atoms with E-state index in [9.17, 15) is 8.42 Å². The average molecular weight is 296 g/mol. The van der Waals surface area contributed by atoms with Crippen LogP contribution in [0, 0.1) is 0 Å². The first kappa shape index (κ1) is 15.5. The number of hydrogen-bond acceptors (Lipinski definition) is 3. The fraction of sp³-hybridized carbons (Fsp3) is 0.600. The van der Waals surface area contributed by atoms with E-state index in [1.807, 2.05) is 12.1 Å². The normalized spacial score (nSPS) is 17.6. The van der Waals surface area contributed by atoms with Crippen LogP contribution >= 0.6 is 0 Å². The van der Waals surface area contributed by atoms with Gasteiger partial charge >= 0.3 is 0 Å². The van der Waals surface area contributed by atoms with Gasteiger partial charge in [-0.25, -0.2) is 13.1 Å². The van der Waals surface area contributed by atoms with Crippen molar-refractivity contribution in [3.8, 4) is 0 Å². The van der Waals surface area contributed by atoms with E-state index in [-0.39, 0.29) is 5.75 Å². The van der Waals surface area contributed by atoms with Crippen molar-refractivity contribution in [2.24, 2.45) is 0 Å². The van der Waals surface area contributed by atoms with E-state index in [0.717, 1.165) is 25.9 Å². The summed E-state index contributed by atoms with van der Waals surface area (Å²) < 4.78 is 26.5. The number of rotatable bonds is 9. The molecule has 2 N–H and O–H groups in total. The summed E-state index contributed by atoms with van der Waals surface area (Å²) in [6.45, 7) is 4.34. The largest absolute Gasteiger partial charge is 0.317 e. The topological polar surface area (TPSA) is 58.2 Å². The Morgan fingerprint density at radius 1 is 1.25 bits per heavy atom. The number of hydrogen-bond donors (Lipinski definition) is 2. The molecule has 0 bridgehead atoms. The van der Waals surface area contributed by atoms with Crippen molar-refractivity contribution < 1.29 is 8.42 Å².